The minimum Gasteiger partial charge on any atom is -0.366 e. The van der Waals surface area contributed by atoms with Gasteiger partial charge in [0.05, 0.1) is 10.6 Å². The molecule has 2 aromatic rings. The lowest BCUT2D eigenvalue weighted by atomic mass is 10.1. The van der Waals surface area contributed by atoms with E-state index in [-0.39, 0.29) is 18.1 Å². The van der Waals surface area contributed by atoms with Crippen LogP contribution in [0.25, 0.3) is 0 Å². The van der Waals surface area contributed by atoms with Crippen LogP contribution in [-0.2, 0) is 22.7 Å². The van der Waals surface area contributed by atoms with Gasteiger partial charge in [-0.05, 0) is 35.9 Å². The number of hydrogen-bond donors (Lipinski definition) is 1. The fourth-order valence-electron chi connectivity index (χ4n) is 3.23. The van der Waals surface area contributed by atoms with E-state index in [0.29, 0.717) is 31.3 Å². The maximum absolute atomic E-state index is 13.0. The third-order valence-electron chi connectivity index (χ3n) is 4.83. The summed E-state index contributed by atoms with van der Waals surface area (Å²) in [7, 11) is -4.18. The summed E-state index contributed by atoms with van der Waals surface area (Å²) in [6.07, 6.45) is -4.67. The van der Waals surface area contributed by atoms with E-state index in [2.05, 4.69) is 0 Å². The Kier molecular flexibility index (Phi) is 6.42. The Labute approximate surface area is 177 Å². The molecular weight excluding hydrogens is 443 g/mol. The molecule has 1 saturated heterocycles. The number of primary amides is 1. The molecular formula is C19H19ClF3N3O3S. The molecule has 0 spiro atoms. The second-order valence-electron chi connectivity index (χ2n) is 6.89. The van der Waals surface area contributed by atoms with E-state index in [9.17, 15) is 26.4 Å². The summed E-state index contributed by atoms with van der Waals surface area (Å²) >= 11 is 5.91. The van der Waals surface area contributed by atoms with Crippen LogP contribution in [0.3, 0.4) is 0 Å². The quantitative estimate of drug-likeness (QED) is 0.742. The normalized spacial score (nSPS) is 16.5. The Morgan fingerprint density at radius 1 is 1.07 bits per heavy atom. The Bertz CT molecular complexity index is 1050. The Morgan fingerprint density at radius 3 is 2.33 bits per heavy atom. The smallest absolute Gasteiger partial charge is 0.366 e. The van der Waals surface area contributed by atoms with Crippen molar-refractivity contribution in [3.63, 3.8) is 0 Å². The SMILES string of the molecule is NC(=O)c1cccc(CN2CCN(S(=O)(=O)c3cc(C(F)(F)F)ccc3Cl)CC2)c1. The fourth-order valence-corrected chi connectivity index (χ4v) is 5.15. The molecule has 2 aromatic carbocycles. The Balaban J connectivity index is 1.71. The second kappa shape index (κ2) is 8.54. The Morgan fingerprint density at radius 2 is 1.73 bits per heavy atom. The van der Waals surface area contributed by atoms with Gasteiger partial charge < -0.3 is 5.73 Å². The maximum atomic E-state index is 13.0. The van der Waals surface area contributed by atoms with E-state index in [1.54, 1.807) is 18.2 Å². The number of rotatable bonds is 5. The van der Waals surface area contributed by atoms with Gasteiger partial charge in [0.15, 0.2) is 0 Å². The highest BCUT2D eigenvalue weighted by molar-refractivity contribution is 7.89. The lowest BCUT2D eigenvalue weighted by molar-refractivity contribution is -0.137. The highest BCUT2D eigenvalue weighted by Crippen LogP contribution is 2.34. The van der Waals surface area contributed by atoms with Gasteiger partial charge >= 0.3 is 6.18 Å². The third kappa shape index (κ3) is 4.94. The van der Waals surface area contributed by atoms with Crippen molar-refractivity contribution in [1.29, 1.82) is 0 Å². The first-order chi connectivity index (χ1) is 14.0. The van der Waals surface area contributed by atoms with Crippen LogP contribution in [-0.4, -0.2) is 49.7 Å². The monoisotopic (exact) mass is 461 g/mol. The molecule has 0 unspecified atom stereocenters. The summed E-state index contributed by atoms with van der Waals surface area (Å²) in [6, 6.07) is 9.09. The van der Waals surface area contributed by atoms with Crippen molar-refractivity contribution in [2.75, 3.05) is 26.2 Å². The molecule has 30 heavy (non-hydrogen) atoms. The minimum absolute atomic E-state index is 0.102. The number of hydrogen-bond acceptors (Lipinski definition) is 4. The average Bonchev–Trinajstić information content (AvgIpc) is 2.68. The minimum atomic E-state index is -4.67. The van der Waals surface area contributed by atoms with E-state index < -0.39 is 32.6 Å². The van der Waals surface area contributed by atoms with Crippen LogP contribution in [0.2, 0.25) is 5.02 Å². The van der Waals surface area contributed by atoms with Gasteiger partial charge in [-0.1, -0.05) is 23.7 Å². The van der Waals surface area contributed by atoms with Crippen molar-refractivity contribution in [1.82, 2.24) is 9.21 Å². The van der Waals surface area contributed by atoms with Crippen molar-refractivity contribution < 1.29 is 26.4 Å². The summed E-state index contributed by atoms with van der Waals surface area (Å²) < 4.78 is 65.8. The number of amides is 1. The molecule has 1 amide bonds. The van der Waals surface area contributed by atoms with Crippen LogP contribution >= 0.6 is 11.6 Å². The fraction of sp³-hybridized carbons (Fsp3) is 0.316. The molecule has 0 aliphatic carbocycles. The molecule has 0 radical (unpaired) electrons. The molecule has 1 heterocycles. The van der Waals surface area contributed by atoms with Crippen LogP contribution in [0.4, 0.5) is 13.2 Å². The zero-order chi connectivity index (χ0) is 22.1. The molecule has 11 heteroatoms. The molecule has 1 aliphatic heterocycles. The van der Waals surface area contributed by atoms with Gasteiger partial charge in [-0.2, -0.15) is 17.5 Å². The number of carbonyl (C=O) groups is 1. The van der Waals surface area contributed by atoms with Crippen molar-refractivity contribution in [3.05, 3.63) is 64.2 Å². The summed E-state index contributed by atoms with van der Waals surface area (Å²) in [5.41, 5.74) is 5.44. The van der Waals surface area contributed by atoms with E-state index in [1.807, 2.05) is 11.0 Å². The van der Waals surface area contributed by atoms with Gasteiger partial charge in [0, 0.05) is 38.3 Å². The van der Waals surface area contributed by atoms with Crippen molar-refractivity contribution in [2.45, 2.75) is 17.6 Å². The number of sulfonamides is 1. The highest BCUT2D eigenvalue weighted by atomic mass is 35.5. The first kappa shape index (κ1) is 22.5. The molecule has 0 saturated carbocycles. The Hall–Kier alpha value is -2.14. The van der Waals surface area contributed by atoms with Gasteiger partial charge in [0.25, 0.3) is 0 Å². The van der Waals surface area contributed by atoms with Gasteiger partial charge in [-0.3, -0.25) is 9.69 Å². The summed E-state index contributed by atoms with van der Waals surface area (Å²) in [6.45, 7) is 1.43. The lowest BCUT2D eigenvalue weighted by Crippen LogP contribution is -2.48. The number of alkyl halides is 3. The molecule has 1 fully saturated rings. The van der Waals surface area contributed by atoms with E-state index in [1.165, 1.54) is 0 Å². The lowest BCUT2D eigenvalue weighted by Gasteiger charge is -2.34. The number of nitrogens with zero attached hydrogens (tertiary/aromatic N) is 2. The molecule has 0 atom stereocenters. The maximum Gasteiger partial charge on any atom is 0.416 e. The molecule has 162 valence electrons. The summed E-state index contributed by atoms with van der Waals surface area (Å²) in [5, 5.41) is -0.256. The number of nitrogens with two attached hydrogens (primary N) is 1. The van der Waals surface area contributed by atoms with Gasteiger partial charge in [0.1, 0.15) is 4.90 Å². The van der Waals surface area contributed by atoms with Crippen LogP contribution in [0.1, 0.15) is 21.5 Å². The van der Waals surface area contributed by atoms with Crippen molar-refractivity contribution in [3.8, 4) is 0 Å². The predicted molar refractivity (Wildman–Crippen MR) is 105 cm³/mol. The molecule has 0 bridgehead atoms. The predicted octanol–water partition coefficient (Wildman–Crippen LogP) is 2.96. The molecule has 0 aromatic heterocycles. The molecule has 6 nitrogen and oxygen atoms in total. The van der Waals surface area contributed by atoms with E-state index in [0.717, 1.165) is 22.0 Å². The second-order valence-corrected chi connectivity index (χ2v) is 9.20. The van der Waals surface area contributed by atoms with Gasteiger partial charge in [-0.15, -0.1) is 0 Å². The van der Waals surface area contributed by atoms with E-state index in [4.69, 9.17) is 17.3 Å². The summed E-state index contributed by atoms with van der Waals surface area (Å²) in [4.78, 5) is 12.7. The van der Waals surface area contributed by atoms with Crippen LogP contribution in [0, 0.1) is 0 Å². The van der Waals surface area contributed by atoms with Gasteiger partial charge in [-0.25, -0.2) is 8.42 Å². The van der Waals surface area contributed by atoms with E-state index >= 15 is 0 Å². The van der Waals surface area contributed by atoms with Crippen LogP contribution in [0.5, 0.6) is 0 Å². The van der Waals surface area contributed by atoms with Crippen molar-refractivity contribution in [2.24, 2.45) is 5.73 Å². The number of carbonyl (C=O) groups excluding carboxylic acids is 1. The molecule has 2 N–H and O–H groups in total. The number of halogens is 4. The summed E-state index contributed by atoms with van der Waals surface area (Å²) in [5.74, 6) is -0.536. The first-order valence-electron chi connectivity index (χ1n) is 8.96. The zero-order valence-corrected chi connectivity index (χ0v) is 17.3. The standard InChI is InChI=1S/C19H19ClF3N3O3S/c20-16-5-4-15(19(21,22)23)11-17(16)30(28,29)26-8-6-25(7-9-26)12-13-2-1-3-14(10-13)18(24)27/h1-5,10-11H,6-9,12H2,(H2,24,27). The van der Waals surface area contributed by atoms with Crippen LogP contribution < -0.4 is 5.73 Å². The number of benzene rings is 2. The average molecular weight is 462 g/mol. The first-order valence-corrected chi connectivity index (χ1v) is 10.8. The zero-order valence-electron chi connectivity index (χ0n) is 15.7. The topological polar surface area (TPSA) is 83.7 Å². The number of piperazine rings is 1. The third-order valence-corrected chi connectivity index (χ3v) is 7.21. The largest absolute Gasteiger partial charge is 0.416 e. The van der Waals surface area contributed by atoms with Crippen LogP contribution in [0.15, 0.2) is 47.4 Å². The highest BCUT2D eigenvalue weighted by Gasteiger charge is 2.35. The van der Waals surface area contributed by atoms with Gasteiger partial charge in [0.2, 0.25) is 15.9 Å². The molecule has 1 aliphatic rings. The molecule has 3 rings (SSSR count). The van der Waals surface area contributed by atoms with Crippen molar-refractivity contribution >= 4 is 27.5 Å².